The third-order valence-electron chi connectivity index (χ3n) is 16.7. The standard InChI is InChI=1S/C49H61N5O10S/c1-9-44(59)23-29-24-46(42(57)61-7,39-31(14-18-53(25-29)27-44)32-20-30(12-13-35(32)51-39)65-26-38(56)50-4)34-21-33-36(22-37(34)60-6)52(5)49-47(33)16-19-54-17-11-15-45(10-2,40(47)54)41(63-28(3)55)48(49,64-49)43(58)62-8/h11-13,15,20-22,29,40-41,51,59H,9-10,14,16-19,23-27H2,1-8H3,(H,50,56)/t29-,40+,41-,44+,45-,46+,47-,48+,49+/m1/s1. The highest BCUT2D eigenvalue weighted by molar-refractivity contribution is 8.00. The van der Waals surface area contributed by atoms with E-state index in [-0.39, 0.29) is 23.6 Å². The molecule has 2 spiro atoms. The molecule has 3 saturated heterocycles. The number of thioether (sulfide) groups is 1. The number of benzene rings is 2. The van der Waals surface area contributed by atoms with Crippen LogP contribution in [-0.2, 0) is 55.4 Å². The molecule has 4 fully saturated rings. The van der Waals surface area contributed by atoms with E-state index in [9.17, 15) is 19.5 Å². The van der Waals surface area contributed by atoms with E-state index in [1.54, 1.807) is 14.2 Å². The number of nitrogens with one attached hydrogen (secondary N) is 2. The summed E-state index contributed by atoms with van der Waals surface area (Å²) in [6.45, 7) is 8.66. The van der Waals surface area contributed by atoms with Gasteiger partial charge in [-0.05, 0) is 86.4 Å². The minimum Gasteiger partial charge on any atom is -0.496 e. The molecular formula is C49H61N5O10S. The molecule has 1 aromatic heterocycles. The first-order chi connectivity index (χ1) is 31.1. The van der Waals surface area contributed by atoms with Crippen LogP contribution in [0.3, 0.4) is 0 Å². The van der Waals surface area contributed by atoms with E-state index in [0.29, 0.717) is 88.3 Å². The fourth-order valence-corrected chi connectivity index (χ4v) is 15.0. The van der Waals surface area contributed by atoms with Crippen LogP contribution in [0, 0.1) is 11.3 Å². The molecule has 16 heteroatoms. The third kappa shape index (κ3) is 5.63. The number of epoxide rings is 1. The maximum absolute atomic E-state index is 15.6. The van der Waals surface area contributed by atoms with E-state index in [2.05, 4.69) is 51.3 Å². The number of anilines is 1. The molecule has 10 atom stereocenters. The minimum atomic E-state index is -1.69. The molecule has 15 nitrogen and oxygen atoms in total. The number of aromatic nitrogens is 1. The van der Waals surface area contributed by atoms with E-state index < -0.39 is 57.2 Å². The van der Waals surface area contributed by atoms with Gasteiger partial charge in [0, 0.05) is 97.5 Å². The average Bonchev–Trinajstić information content (AvgIpc) is 3.55. The summed E-state index contributed by atoms with van der Waals surface area (Å²) in [6, 6.07) is 9.95. The van der Waals surface area contributed by atoms with Gasteiger partial charge < -0.3 is 44.0 Å². The molecule has 0 radical (unpaired) electrons. The highest BCUT2D eigenvalue weighted by Gasteiger charge is 2.98. The number of carbonyl (C=O) groups excluding carboxylic acids is 4. The number of rotatable bonds is 10. The Morgan fingerprint density at radius 1 is 1.02 bits per heavy atom. The van der Waals surface area contributed by atoms with Gasteiger partial charge >= 0.3 is 17.9 Å². The summed E-state index contributed by atoms with van der Waals surface area (Å²) in [7, 11) is 7.94. The van der Waals surface area contributed by atoms with Crippen molar-refractivity contribution in [1.82, 2.24) is 20.1 Å². The van der Waals surface area contributed by atoms with E-state index >= 15 is 4.79 Å². The van der Waals surface area contributed by atoms with Crippen molar-refractivity contribution in [2.75, 3.05) is 78.8 Å². The Balaban J connectivity index is 1.26. The second-order valence-electron chi connectivity index (χ2n) is 19.5. The number of esters is 3. The molecule has 65 heavy (non-hydrogen) atoms. The number of hydrogen-bond donors (Lipinski definition) is 3. The van der Waals surface area contributed by atoms with Crippen molar-refractivity contribution in [1.29, 1.82) is 0 Å². The molecular weight excluding hydrogens is 851 g/mol. The van der Waals surface area contributed by atoms with Crippen LogP contribution in [0.5, 0.6) is 5.75 Å². The van der Waals surface area contributed by atoms with Gasteiger partial charge in [0.25, 0.3) is 5.60 Å². The Kier molecular flexibility index (Phi) is 10.3. The fourth-order valence-electron chi connectivity index (χ4n) is 14.2. The molecule has 7 heterocycles. The van der Waals surface area contributed by atoms with Crippen LogP contribution in [0.25, 0.3) is 10.9 Å². The second kappa shape index (κ2) is 15.2. The van der Waals surface area contributed by atoms with Gasteiger partial charge in [0.1, 0.15) is 11.2 Å². The zero-order valence-corrected chi connectivity index (χ0v) is 39.4. The maximum Gasteiger partial charge on any atom is 0.347 e. The molecule has 2 bridgehead atoms. The van der Waals surface area contributed by atoms with Gasteiger partial charge in [-0.1, -0.05) is 26.0 Å². The lowest BCUT2D eigenvalue weighted by Gasteiger charge is -2.58. The van der Waals surface area contributed by atoms with Gasteiger partial charge in [0.15, 0.2) is 11.8 Å². The molecule has 348 valence electrons. The van der Waals surface area contributed by atoms with Crippen molar-refractivity contribution in [2.24, 2.45) is 11.3 Å². The number of methoxy groups -OCH3 is 3. The first-order valence-corrected chi connectivity index (χ1v) is 24.0. The number of hydrogen-bond acceptors (Lipinski definition) is 14. The van der Waals surface area contributed by atoms with Crippen molar-refractivity contribution in [3.05, 3.63) is 64.9 Å². The van der Waals surface area contributed by atoms with Crippen LogP contribution in [0.4, 0.5) is 5.69 Å². The summed E-state index contributed by atoms with van der Waals surface area (Å²) in [6.07, 6.45) is 6.32. The van der Waals surface area contributed by atoms with Gasteiger partial charge in [0.05, 0.1) is 38.1 Å². The van der Waals surface area contributed by atoms with Gasteiger partial charge in [-0.25, -0.2) is 4.79 Å². The normalized spacial score (nSPS) is 36.2. The molecule has 10 rings (SSSR count). The molecule has 1 saturated carbocycles. The lowest BCUT2D eigenvalue weighted by atomic mass is 9.49. The fraction of sp³-hybridized carbons (Fsp3) is 0.592. The minimum absolute atomic E-state index is 0.0779. The van der Waals surface area contributed by atoms with Crippen LogP contribution >= 0.6 is 11.8 Å². The third-order valence-corrected chi connectivity index (χ3v) is 17.7. The number of nitrogens with zero attached hydrogens (tertiary/aromatic N) is 3. The summed E-state index contributed by atoms with van der Waals surface area (Å²) in [5.41, 5.74) is -2.38. The molecule has 2 aromatic carbocycles. The number of aromatic amines is 1. The highest BCUT2D eigenvalue weighted by atomic mass is 32.2. The van der Waals surface area contributed by atoms with Crippen molar-refractivity contribution in [2.45, 2.75) is 104 Å². The first kappa shape index (κ1) is 44.2. The lowest BCUT2D eigenvalue weighted by molar-refractivity contribution is -0.178. The Labute approximate surface area is 383 Å². The zero-order valence-electron chi connectivity index (χ0n) is 38.6. The summed E-state index contributed by atoms with van der Waals surface area (Å²) >= 11 is 1.45. The second-order valence-corrected chi connectivity index (χ2v) is 20.5. The van der Waals surface area contributed by atoms with Gasteiger partial charge in [0.2, 0.25) is 5.91 Å². The Morgan fingerprint density at radius 3 is 2.49 bits per heavy atom. The number of H-pyrrole nitrogens is 1. The van der Waals surface area contributed by atoms with Gasteiger partial charge in [-0.2, -0.15) is 0 Å². The highest BCUT2D eigenvalue weighted by Crippen LogP contribution is 2.80. The molecule has 1 amide bonds. The predicted molar refractivity (Wildman–Crippen MR) is 243 cm³/mol. The largest absolute Gasteiger partial charge is 0.496 e. The molecule has 6 aliphatic heterocycles. The summed E-state index contributed by atoms with van der Waals surface area (Å²) in [5, 5.41) is 15.8. The number of aliphatic hydroxyl groups is 1. The number of likely N-dealkylation sites (N-methyl/N-ethyl adjacent to an activating group) is 1. The number of piperidine rings is 1. The molecule has 7 aliphatic rings. The molecule has 3 aromatic rings. The molecule has 1 unspecified atom stereocenters. The van der Waals surface area contributed by atoms with Gasteiger partial charge in [-0.3, -0.25) is 24.2 Å². The summed E-state index contributed by atoms with van der Waals surface area (Å²) in [5.74, 6) is -1.09. The monoisotopic (exact) mass is 911 g/mol. The van der Waals surface area contributed by atoms with E-state index in [4.69, 9.17) is 23.7 Å². The molecule has 1 aliphatic carbocycles. The van der Waals surface area contributed by atoms with Crippen molar-refractivity contribution in [3.63, 3.8) is 0 Å². The van der Waals surface area contributed by atoms with Crippen LogP contribution < -0.4 is 15.0 Å². The number of amides is 1. The number of ether oxygens (including phenoxy) is 5. The van der Waals surface area contributed by atoms with Crippen LogP contribution in [0.1, 0.15) is 75.3 Å². The number of carbonyl (C=O) groups is 4. The Hall–Kier alpha value is -4.61. The number of fused-ring (bicyclic) bond motifs is 6. The topological polar surface area (TPSA) is 176 Å². The van der Waals surface area contributed by atoms with E-state index in [1.807, 2.05) is 37.1 Å². The first-order valence-electron chi connectivity index (χ1n) is 23.0. The summed E-state index contributed by atoms with van der Waals surface area (Å²) in [4.78, 5) is 67.3. The quantitative estimate of drug-likeness (QED) is 0.0869. The summed E-state index contributed by atoms with van der Waals surface area (Å²) < 4.78 is 31.6. The van der Waals surface area contributed by atoms with Crippen molar-refractivity contribution in [3.8, 4) is 5.75 Å². The lowest BCUT2D eigenvalue weighted by Crippen LogP contribution is -2.75. The average molecular weight is 912 g/mol. The molecule has 3 N–H and O–H groups in total. The van der Waals surface area contributed by atoms with Crippen molar-refractivity contribution < 1.29 is 48.0 Å². The van der Waals surface area contributed by atoms with E-state index in [1.165, 1.54) is 32.9 Å². The zero-order chi connectivity index (χ0) is 46.1. The Bertz CT molecular complexity index is 2550. The SMILES string of the molecule is CC[C@]1(O)C[C@H]2CN(CCc3c([nH]c4ccc(SCC(=O)NC)cc34)[C@@](C(=O)OC)(c3cc4c(cc3OC)N(C)[C@@]35O[C@]3(C(=O)OC)[C@H](OC(C)=O)[C@]3(CC)C=CCN6CC[C@]45[C@@H]63)C2)C1. The maximum atomic E-state index is 15.6. The van der Waals surface area contributed by atoms with Crippen LogP contribution in [-0.4, -0.2) is 147 Å². The van der Waals surface area contributed by atoms with Crippen molar-refractivity contribution >= 4 is 52.2 Å². The predicted octanol–water partition coefficient (Wildman–Crippen LogP) is 4.19. The van der Waals surface area contributed by atoms with Crippen LogP contribution in [0.2, 0.25) is 0 Å². The van der Waals surface area contributed by atoms with Gasteiger partial charge in [-0.15, -0.1) is 11.8 Å². The smallest absolute Gasteiger partial charge is 0.347 e. The van der Waals surface area contributed by atoms with E-state index in [0.717, 1.165) is 32.6 Å². The van der Waals surface area contributed by atoms with Crippen LogP contribution in [0.15, 0.2) is 47.4 Å². The Morgan fingerprint density at radius 2 is 1.80 bits per heavy atom.